The molecule has 3 rings (SSSR count). The van der Waals surface area contributed by atoms with Crippen molar-refractivity contribution in [2.45, 2.75) is 6.92 Å². The quantitative estimate of drug-likeness (QED) is 0.728. The molecule has 0 aliphatic rings. The molecule has 1 aromatic heterocycles. The summed E-state index contributed by atoms with van der Waals surface area (Å²) in [6.07, 6.45) is 0. The van der Waals surface area contributed by atoms with Crippen LogP contribution in [0.4, 0.5) is 0 Å². The van der Waals surface area contributed by atoms with Gasteiger partial charge in [-0.05, 0) is 36.4 Å². The molecule has 0 atom stereocenters. The second-order valence-electron chi connectivity index (χ2n) is 5.36. The Balaban J connectivity index is 1.88. The first-order chi connectivity index (χ1) is 11.5. The Labute approximate surface area is 139 Å². The Morgan fingerprint density at radius 1 is 0.958 bits per heavy atom. The fraction of sp³-hybridized carbons (Fsp3) is 0.111. The van der Waals surface area contributed by atoms with Crippen molar-refractivity contribution in [2.24, 2.45) is 7.05 Å². The third-order valence-corrected chi connectivity index (χ3v) is 3.58. The molecule has 1 heterocycles. The molecule has 122 valence electrons. The van der Waals surface area contributed by atoms with Crippen molar-refractivity contribution < 1.29 is 14.3 Å². The lowest BCUT2D eigenvalue weighted by Crippen LogP contribution is -2.40. The maximum absolute atomic E-state index is 12.1. The number of nitrogens with zero attached hydrogens (tertiary/aromatic N) is 1. The molecule has 2 amide bonds. The van der Waals surface area contributed by atoms with Crippen LogP contribution in [0.25, 0.3) is 10.9 Å². The minimum Gasteiger partial charge on any atom is -0.457 e. The zero-order valence-electron chi connectivity index (χ0n) is 13.4. The molecule has 0 fully saturated rings. The molecular weight excluding hydrogens is 306 g/mol. The standard InChI is InChI=1S/C18H17N3O3/c1-12(22)19-20-18(23)17-11-13-10-15(8-9-16(13)21(17)2)24-14-6-4-3-5-7-14/h3-11H,1-2H3,(H,19,22)(H,20,23). The summed E-state index contributed by atoms with van der Waals surface area (Å²) < 4.78 is 7.57. The first-order valence-electron chi connectivity index (χ1n) is 7.44. The number of benzene rings is 2. The van der Waals surface area contributed by atoms with Gasteiger partial charge in [0.05, 0.1) is 0 Å². The minimum atomic E-state index is -0.380. The van der Waals surface area contributed by atoms with Gasteiger partial charge in [0.25, 0.3) is 5.91 Å². The van der Waals surface area contributed by atoms with Crippen molar-refractivity contribution in [2.75, 3.05) is 0 Å². The van der Waals surface area contributed by atoms with E-state index >= 15 is 0 Å². The molecule has 24 heavy (non-hydrogen) atoms. The maximum atomic E-state index is 12.1. The van der Waals surface area contributed by atoms with Crippen LogP contribution in [-0.2, 0) is 11.8 Å². The lowest BCUT2D eigenvalue weighted by Gasteiger charge is -2.07. The van der Waals surface area contributed by atoms with Gasteiger partial charge in [0.1, 0.15) is 17.2 Å². The molecule has 0 radical (unpaired) electrons. The molecule has 0 spiro atoms. The van der Waals surface area contributed by atoms with Crippen molar-refractivity contribution in [3.05, 3.63) is 60.3 Å². The highest BCUT2D eigenvalue weighted by molar-refractivity contribution is 5.99. The lowest BCUT2D eigenvalue weighted by molar-refractivity contribution is -0.119. The summed E-state index contributed by atoms with van der Waals surface area (Å²) in [5.41, 5.74) is 5.98. The summed E-state index contributed by atoms with van der Waals surface area (Å²) in [6.45, 7) is 1.33. The predicted molar refractivity (Wildman–Crippen MR) is 90.7 cm³/mol. The van der Waals surface area contributed by atoms with Gasteiger partial charge in [-0.1, -0.05) is 18.2 Å². The average Bonchev–Trinajstić information content (AvgIpc) is 2.90. The van der Waals surface area contributed by atoms with Crippen molar-refractivity contribution in [3.8, 4) is 11.5 Å². The van der Waals surface area contributed by atoms with Crippen LogP contribution in [0.1, 0.15) is 17.4 Å². The topological polar surface area (TPSA) is 72.4 Å². The average molecular weight is 323 g/mol. The summed E-state index contributed by atoms with van der Waals surface area (Å²) in [7, 11) is 1.79. The van der Waals surface area contributed by atoms with Gasteiger partial charge in [0.2, 0.25) is 5.91 Å². The number of hydrogen-bond acceptors (Lipinski definition) is 3. The van der Waals surface area contributed by atoms with Crippen LogP contribution in [0.3, 0.4) is 0 Å². The molecule has 3 aromatic rings. The van der Waals surface area contributed by atoms with Gasteiger partial charge in [0, 0.05) is 24.9 Å². The number of amides is 2. The highest BCUT2D eigenvalue weighted by Gasteiger charge is 2.14. The number of aryl methyl sites for hydroxylation is 1. The van der Waals surface area contributed by atoms with E-state index in [1.807, 2.05) is 48.5 Å². The molecule has 2 N–H and O–H groups in total. The summed E-state index contributed by atoms with van der Waals surface area (Å²) in [4.78, 5) is 23.0. The van der Waals surface area contributed by atoms with Crippen molar-refractivity contribution in [1.82, 2.24) is 15.4 Å². The normalized spacial score (nSPS) is 10.4. The number of hydrogen-bond donors (Lipinski definition) is 2. The molecule has 6 nitrogen and oxygen atoms in total. The third kappa shape index (κ3) is 3.22. The van der Waals surface area contributed by atoms with E-state index in [0.717, 1.165) is 16.7 Å². The van der Waals surface area contributed by atoms with Crippen LogP contribution in [-0.4, -0.2) is 16.4 Å². The minimum absolute atomic E-state index is 0.333. The van der Waals surface area contributed by atoms with Gasteiger partial charge < -0.3 is 9.30 Å². The molecule has 0 aliphatic carbocycles. The van der Waals surface area contributed by atoms with Gasteiger partial charge in [0.15, 0.2) is 0 Å². The van der Waals surface area contributed by atoms with Gasteiger partial charge in [-0.25, -0.2) is 0 Å². The number of carbonyl (C=O) groups excluding carboxylic acids is 2. The number of hydrazine groups is 1. The second-order valence-corrected chi connectivity index (χ2v) is 5.36. The number of carbonyl (C=O) groups is 2. The van der Waals surface area contributed by atoms with Crippen LogP contribution < -0.4 is 15.6 Å². The Morgan fingerprint density at radius 3 is 2.42 bits per heavy atom. The van der Waals surface area contributed by atoms with Crippen LogP contribution in [0.15, 0.2) is 54.6 Å². The van der Waals surface area contributed by atoms with E-state index in [4.69, 9.17) is 4.74 Å². The summed E-state index contributed by atoms with van der Waals surface area (Å²) in [6, 6.07) is 16.9. The largest absolute Gasteiger partial charge is 0.457 e. The molecule has 0 unspecified atom stereocenters. The number of nitrogens with one attached hydrogen (secondary N) is 2. The van der Waals surface area contributed by atoms with Crippen molar-refractivity contribution in [3.63, 3.8) is 0 Å². The monoisotopic (exact) mass is 323 g/mol. The molecule has 0 saturated carbocycles. The Morgan fingerprint density at radius 2 is 1.71 bits per heavy atom. The number of rotatable bonds is 3. The van der Waals surface area contributed by atoms with Gasteiger partial charge in [-0.2, -0.15) is 0 Å². The second kappa shape index (κ2) is 6.45. The SMILES string of the molecule is CC(=O)NNC(=O)c1cc2cc(Oc3ccccc3)ccc2n1C. The van der Waals surface area contributed by atoms with Crippen LogP contribution in [0.2, 0.25) is 0 Å². The summed E-state index contributed by atoms with van der Waals surface area (Å²) in [5.74, 6) is 0.722. The molecular formula is C18H17N3O3. The van der Waals surface area contributed by atoms with E-state index in [-0.39, 0.29) is 11.8 Å². The highest BCUT2D eigenvalue weighted by Crippen LogP contribution is 2.27. The van der Waals surface area contributed by atoms with Crippen molar-refractivity contribution in [1.29, 1.82) is 0 Å². The van der Waals surface area contributed by atoms with Crippen molar-refractivity contribution >= 4 is 22.7 Å². The van der Waals surface area contributed by atoms with Gasteiger partial charge in [-0.15, -0.1) is 0 Å². The lowest BCUT2D eigenvalue weighted by atomic mass is 10.2. The molecule has 0 bridgehead atoms. The van der Waals surface area contributed by atoms with E-state index in [2.05, 4.69) is 10.9 Å². The zero-order chi connectivity index (χ0) is 17.1. The van der Waals surface area contributed by atoms with Crippen LogP contribution >= 0.6 is 0 Å². The highest BCUT2D eigenvalue weighted by atomic mass is 16.5. The number of fused-ring (bicyclic) bond motifs is 1. The first-order valence-corrected chi connectivity index (χ1v) is 7.44. The number of ether oxygens (including phenoxy) is 1. The Kier molecular flexibility index (Phi) is 4.20. The molecule has 2 aromatic carbocycles. The molecule has 0 aliphatic heterocycles. The summed E-state index contributed by atoms with van der Waals surface area (Å²) >= 11 is 0. The predicted octanol–water partition coefficient (Wildman–Crippen LogP) is 2.75. The fourth-order valence-corrected chi connectivity index (χ4v) is 2.44. The van der Waals surface area contributed by atoms with E-state index in [9.17, 15) is 9.59 Å². The van der Waals surface area contributed by atoms with Crippen LogP contribution in [0.5, 0.6) is 11.5 Å². The Hall–Kier alpha value is -3.28. The maximum Gasteiger partial charge on any atom is 0.286 e. The Bertz CT molecular complexity index is 901. The molecule has 0 saturated heterocycles. The number of para-hydroxylation sites is 1. The smallest absolute Gasteiger partial charge is 0.286 e. The zero-order valence-corrected chi connectivity index (χ0v) is 13.4. The molecule has 6 heteroatoms. The van der Waals surface area contributed by atoms with E-state index in [0.29, 0.717) is 11.4 Å². The summed E-state index contributed by atoms with van der Waals surface area (Å²) in [5, 5.41) is 0.874. The van der Waals surface area contributed by atoms with E-state index in [1.165, 1.54) is 6.92 Å². The van der Waals surface area contributed by atoms with Gasteiger partial charge in [-0.3, -0.25) is 20.4 Å². The van der Waals surface area contributed by atoms with Crippen LogP contribution in [0, 0.1) is 0 Å². The fourth-order valence-electron chi connectivity index (χ4n) is 2.44. The van der Waals surface area contributed by atoms with Gasteiger partial charge >= 0.3 is 0 Å². The van der Waals surface area contributed by atoms with E-state index < -0.39 is 0 Å². The van der Waals surface area contributed by atoms with E-state index in [1.54, 1.807) is 17.7 Å². The first kappa shape index (κ1) is 15.6. The number of aromatic nitrogens is 1. The third-order valence-electron chi connectivity index (χ3n) is 3.58.